The largest absolute Gasteiger partial charge is 0.481 e. The highest BCUT2D eigenvalue weighted by Gasteiger charge is 2.28. The van der Waals surface area contributed by atoms with E-state index in [-0.39, 0.29) is 5.91 Å². The molecule has 98 valence electrons. The average Bonchev–Trinajstić information content (AvgIpc) is 2.75. The molecule has 0 saturated carbocycles. The number of likely N-dealkylation sites (tertiary alicyclic amines) is 1. The van der Waals surface area contributed by atoms with E-state index in [0.717, 1.165) is 15.1 Å². The smallest absolute Gasteiger partial charge is 0.308 e. The zero-order valence-electron chi connectivity index (χ0n) is 9.76. The predicted octanol–water partition coefficient (Wildman–Crippen LogP) is 2.38. The molecule has 1 aliphatic rings. The Hall–Kier alpha value is -0.880. The minimum atomic E-state index is -0.800. The summed E-state index contributed by atoms with van der Waals surface area (Å²) in [7, 11) is 0. The molecule has 2 rings (SSSR count). The maximum absolute atomic E-state index is 12.1. The van der Waals surface area contributed by atoms with Crippen molar-refractivity contribution in [2.75, 3.05) is 13.1 Å². The summed E-state index contributed by atoms with van der Waals surface area (Å²) in [6, 6.07) is 3.84. The Labute approximate surface area is 118 Å². The molecule has 0 aromatic carbocycles. The number of carbonyl (C=O) groups is 2. The lowest BCUT2D eigenvalue weighted by Crippen LogP contribution is -2.42. The van der Waals surface area contributed by atoms with Crippen molar-refractivity contribution in [3.63, 3.8) is 0 Å². The lowest BCUT2D eigenvalue weighted by Gasteiger charge is -2.30. The summed E-state index contributed by atoms with van der Waals surface area (Å²) in [6.45, 7) is 1.02. The Kier molecular flexibility index (Phi) is 4.40. The van der Waals surface area contributed by atoms with Gasteiger partial charge in [0.2, 0.25) is 5.91 Å². The first kappa shape index (κ1) is 13.5. The van der Waals surface area contributed by atoms with Gasteiger partial charge in [-0.25, -0.2) is 0 Å². The third-order valence-corrected chi connectivity index (χ3v) is 4.70. The lowest BCUT2D eigenvalue weighted by atomic mass is 9.98. The topological polar surface area (TPSA) is 57.6 Å². The molecule has 0 spiro atoms. The number of aliphatic carboxylic acids is 1. The van der Waals surface area contributed by atoms with Crippen molar-refractivity contribution < 1.29 is 14.7 Å². The average molecular weight is 332 g/mol. The van der Waals surface area contributed by atoms with Gasteiger partial charge in [-0.1, -0.05) is 0 Å². The molecule has 0 aliphatic carbocycles. The van der Waals surface area contributed by atoms with Gasteiger partial charge in [0.05, 0.1) is 16.1 Å². The summed E-state index contributed by atoms with van der Waals surface area (Å²) in [5.74, 6) is -1.18. The van der Waals surface area contributed by atoms with Crippen molar-refractivity contribution in [2.24, 2.45) is 5.92 Å². The van der Waals surface area contributed by atoms with Crippen molar-refractivity contribution in [2.45, 2.75) is 19.3 Å². The second-order valence-electron chi connectivity index (χ2n) is 4.40. The van der Waals surface area contributed by atoms with Crippen LogP contribution in [0.5, 0.6) is 0 Å². The molecule has 0 radical (unpaired) electrons. The molecule has 2 heterocycles. The van der Waals surface area contributed by atoms with E-state index in [9.17, 15) is 9.59 Å². The van der Waals surface area contributed by atoms with Crippen molar-refractivity contribution in [3.05, 3.63) is 20.8 Å². The van der Waals surface area contributed by atoms with Crippen LogP contribution >= 0.6 is 27.3 Å². The Morgan fingerprint density at radius 1 is 1.50 bits per heavy atom. The number of piperidine rings is 1. The number of carboxylic acids is 1. The fraction of sp³-hybridized carbons (Fsp3) is 0.500. The number of carboxylic acid groups (broad SMARTS) is 1. The van der Waals surface area contributed by atoms with Gasteiger partial charge in [-0.2, -0.15) is 0 Å². The second-order valence-corrected chi connectivity index (χ2v) is 6.95. The molecule has 1 amide bonds. The fourth-order valence-corrected chi connectivity index (χ4v) is 3.59. The number of hydrogen-bond acceptors (Lipinski definition) is 3. The molecule has 6 heteroatoms. The zero-order chi connectivity index (χ0) is 13.1. The van der Waals surface area contributed by atoms with Crippen LogP contribution in [-0.2, 0) is 16.0 Å². The van der Waals surface area contributed by atoms with Gasteiger partial charge in [0.15, 0.2) is 0 Å². The van der Waals surface area contributed by atoms with Crippen LogP contribution in [0.1, 0.15) is 17.7 Å². The van der Waals surface area contributed by atoms with E-state index in [4.69, 9.17) is 5.11 Å². The number of rotatable bonds is 3. The summed E-state index contributed by atoms with van der Waals surface area (Å²) < 4.78 is 1.01. The van der Waals surface area contributed by atoms with Crippen LogP contribution < -0.4 is 0 Å². The molecule has 4 nitrogen and oxygen atoms in total. The molecular formula is C12H14BrNO3S. The van der Waals surface area contributed by atoms with E-state index in [0.29, 0.717) is 25.9 Å². The Morgan fingerprint density at radius 3 is 2.89 bits per heavy atom. The van der Waals surface area contributed by atoms with E-state index in [1.54, 1.807) is 16.2 Å². The lowest BCUT2D eigenvalue weighted by molar-refractivity contribution is -0.145. The van der Waals surface area contributed by atoms with E-state index >= 15 is 0 Å². The summed E-state index contributed by atoms with van der Waals surface area (Å²) >= 11 is 4.90. The van der Waals surface area contributed by atoms with Crippen LogP contribution in [0.4, 0.5) is 0 Å². The second kappa shape index (κ2) is 5.84. The molecule has 1 saturated heterocycles. The normalized spacial score (nSPS) is 19.8. The molecule has 1 unspecified atom stereocenters. The molecule has 1 aliphatic heterocycles. The maximum atomic E-state index is 12.1. The minimum absolute atomic E-state index is 0.0234. The predicted molar refractivity (Wildman–Crippen MR) is 72.7 cm³/mol. The van der Waals surface area contributed by atoms with Gasteiger partial charge in [-0.15, -0.1) is 11.3 Å². The van der Waals surface area contributed by atoms with E-state index in [1.165, 1.54) is 0 Å². The van der Waals surface area contributed by atoms with Crippen LogP contribution in [0.25, 0.3) is 0 Å². The van der Waals surface area contributed by atoms with Crippen LogP contribution in [0.15, 0.2) is 15.9 Å². The number of hydrogen-bond donors (Lipinski definition) is 1. The highest BCUT2D eigenvalue weighted by molar-refractivity contribution is 9.11. The first-order chi connectivity index (χ1) is 8.56. The standard InChI is InChI=1S/C12H14BrNO3S/c13-10-4-3-9(18-10)6-11(15)14-5-1-2-8(7-14)12(16)17/h3-4,8H,1-2,5-7H2,(H,16,17). The number of amides is 1. The molecule has 18 heavy (non-hydrogen) atoms. The SMILES string of the molecule is O=C(O)C1CCCN(C(=O)Cc2ccc(Br)s2)C1. The van der Waals surface area contributed by atoms with Gasteiger partial charge in [0, 0.05) is 18.0 Å². The molecule has 1 N–H and O–H groups in total. The van der Waals surface area contributed by atoms with E-state index in [1.807, 2.05) is 12.1 Å². The third-order valence-electron chi connectivity index (χ3n) is 3.08. The Balaban J connectivity index is 1.94. The highest BCUT2D eigenvalue weighted by Crippen LogP contribution is 2.24. The first-order valence-corrected chi connectivity index (χ1v) is 7.42. The summed E-state index contributed by atoms with van der Waals surface area (Å²) in [4.78, 5) is 25.7. The van der Waals surface area contributed by atoms with Crippen LogP contribution in [0.2, 0.25) is 0 Å². The Morgan fingerprint density at radius 2 is 2.28 bits per heavy atom. The van der Waals surface area contributed by atoms with Crippen LogP contribution in [0.3, 0.4) is 0 Å². The van der Waals surface area contributed by atoms with Crippen LogP contribution in [0, 0.1) is 5.92 Å². The molecule has 0 bridgehead atoms. The number of halogens is 1. The van der Waals surface area contributed by atoms with Crippen LogP contribution in [-0.4, -0.2) is 35.0 Å². The Bertz CT molecular complexity index is 460. The van der Waals surface area contributed by atoms with Crippen molar-refractivity contribution in [1.29, 1.82) is 0 Å². The summed E-state index contributed by atoms with van der Waals surface area (Å²) in [5, 5.41) is 8.99. The van der Waals surface area contributed by atoms with Gasteiger partial charge in [-0.05, 0) is 40.9 Å². The van der Waals surface area contributed by atoms with Gasteiger partial charge in [-0.3, -0.25) is 9.59 Å². The maximum Gasteiger partial charge on any atom is 0.308 e. The quantitative estimate of drug-likeness (QED) is 0.925. The van der Waals surface area contributed by atoms with Gasteiger partial charge in [0.1, 0.15) is 0 Å². The highest BCUT2D eigenvalue weighted by atomic mass is 79.9. The third kappa shape index (κ3) is 3.32. The minimum Gasteiger partial charge on any atom is -0.481 e. The fourth-order valence-electron chi connectivity index (χ4n) is 2.11. The van der Waals surface area contributed by atoms with Gasteiger partial charge >= 0.3 is 5.97 Å². The zero-order valence-corrected chi connectivity index (χ0v) is 12.2. The van der Waals surface area contributed by atoms with Gasteiger partial charge in [0.25, 0.3) is 0 Å². The van der Waals surface area contributed by atoms with Crippen molar-refractivity contribution in [1.82, 2.24) is 4.90 Å². The van der Waals surface area contributed by atoms with Crippen molar-refractivity contribution >= 4 is 39.1 Å². The molecule has 1 fully saturated rings. The first-order valence-electron chi connectivity index (χ1n) is 5.81. The molecule has 1 atom stereocenters. The number of carbonyl (C=O) groups excluding carboxylic acids is 1. The molecule has 1 aromatic rings. The van der Waals surface area contributed by atoms with E-state index < -0.39 is 11.9 Å². The summed E-state index contributed by atoms with van der Waals surface area (Å²) in [6.07, 6.45) is 1.81. The molecular weight excluding hydrogens is 318 g/mol. The summed E-state index contributed by atoms with van der Waals surface area (Å²) in [5.41, 5.74) is 0. The monoisotopic (exact) mass is 331 g/mol. The van der Waals surface area contributed by atoms with E-state index in [2.05, 4.69) is 15.9 Å². The number of nitrogens with zero attached hydrogens (tertiary/aromatic N) is 1. The number of thiophene rings is 1. The van der Waals surface area contributed by atoms with Gasteiger partial charge < -0.3 is 10.0 Å². The molecule has 1 aromatic heterocycles. The van der Waals surface area contributed by atoms with Crippen molar-refractivity contribution in [3.8, 4) is 0 Å².